The molecule has 0 unspecified atom stereocenters. The summed E-state index contributed by atoms with van der Waals surface area (Å²) in [6.07, 6.45) is 5.04. The summed E-state index contributed by atoms with van der Waals surface area (Å²) in [5.41, 5.74) is 3.52. The third kappa shape index (κ3) is 3.28. The number of aryl methyl sites for hydroxylation is 1. The van der Waals surface area contributed by atoms with Gasteiger partial charge in [-0.1, -0.05) is 6.07 Å². The molecule has 0 spiro atoms. The third-order valence-corrected chi connectivity index (χ3v) is 3.58. The molecule has 1 N–H and O–H groups in total. The standard InChI is InChI=1S/C19H14N4O/c1-13-5-7-21-12-17(13)15-8-14(11-20)9-16(10-15)19(24)23-18-4-2-3-6-22-18/h2-10,12H,1H3,(H,22,23,24). The summed E-state index contributed by atoms with van der Waals surface area (Å²) in [5.74, 6) is 0.151. The lowest BCUT2D eigenvalue weighted by Gasteiger charge is -2.09. The minimum atomic E-state index is -0.311. The van der Waals surface area contributed by atoms with Gasteiger partial charge < -0.3 is 5.32 Å². The molecule has 0 saturated heterocycles. The van der Waals surface area contributed by atoms with Crippen molar-refractivity contribution in [3.63, 3.8) is 0 Å². The highest BCUT2D eigenvalue weighted by Crippen LogP contribution is 2.25. The normalized spacial score (nSPS) is 10.0. The smallest absolute Gasteiger partial charge is 0.256 e. The number of hydrogen-bond acceptors (Lipinski definition) is 4. The van der Waals surface area contributed by atoms with Crippen LogP contribution < -0.4 is 5.32 Å². The maximum atomic E-state index is 12.5. The van der Waals surface area contributed by atoms with Crippen molar-refractivity contribution in [3.8, 4) is 17.2 Å². The number of benzene rings is 1. The molecule has 3 rings (SSSR count). The van der Waals surface area contributed by atoms with E-state index >= 15 is 0 Å². The summed E-state index contributed by atoms with van der Waals surface area (Å²) in [5, 5.41) is 12.0. The van der Waals surface area contributed by atoms with Crippen LogP contribution >= 0.6 is 0 Å². The van der Waals surface area contributed by atoms with Crippen LogP contribution in [0.5, 0.6) is 0 Å². The molecule has 0 aliphatic heterocycles. The zero-order valence-electron chi connectivity index (χ0n) is 13.0. The second-order valence-corrected chi connectivity index (χ2v) is 5.27. The SMILES string of the molecule is Cc1ccncc1-c1cc(C#N)cc(C(=O)Nc2ccccn2)c1. The molecule has 3 aromatic rings. The van der Waals surface area contributed by atoms with E-state index in [2.05, 4.69) is 21.4 Å². The first-order chi connectivity index (χ1) is 11.7. The number of nitrogens with zero attached hydrogens (tertiary/aromatic N) is 3. The first kappa shape index (κ1) is 15.4. The van der Waals surface area contributed by atoms with Crippen LogP contribution in [0.3, 0.4) is 0 Å². The summed E-state index contributed by atoms with van der Waals surface area (Å²) in [4.78, 5) is 20.7. The van der Waals surface area contributed by atoms with Crippen LogP contribution in [0.1, 0.15) is 21.5 Å². The van der Waals surface area contributed by atoms with Gasteiger partial charge in [0, 0.05) is 29.7 Å². The molecule has 0 radical (unpaired) electrons. The minimum absolute atomic E-state index is 0.311. The molecule has 0 saturated carbocycles. The number of nitrogens with one attached hydrogen (secondary N) is 1. The Hall–Kier alpha value is -3.52. The lowest BCUT2D eigenvalue weighted by molar-refractivity contribution is 0.102. The molecule has 0 aliphatic carbocycles. The van der Waals surface area contributed by atoms with Crippen molar-refractivity contribution in [1.29, 1.82) is 5.26 Å². The Bertz CT molecular complexity index is 930. The van der Waals surface area contributed by atoms with E-state index in [-0.39, 0.29) is 5.91 Å². The monoisotopic (exact) mass is 314 g/mol. The zero-order valence-corrected chi connectivity index (χ0v) is 13.0. The predicted molar refractivity (Wildman–Crippen MR) is 91.3 cm³/mol. The summed E-state index contributed by atoms with van der Waals surface area (Å²) in [7, 11) is 0. The van der Waals surface area contributed by atoms with E-state index in [1.807, 2.05) is 13.0 Å². The molecule has 5 nitrogen and oxygen atoms in total. The fraction of sp³-hybridized carbons (Fsp3) is 0.0526. The zero-order chi connectivity index (χ0) is 16.9. The number of carbonyl (C=O) groups is 1. The van der Waals surface area contributed by atoms with Crippen LogP contribution in [0.2, 0.25) is 0 Å². The van der Waals surface area contributed by atoms with Gasteiger partial charge in [0.15, 0.2) is 0 Å². The van der Waals surface area contributed by atoms with Gasteiger partial charge in [0.25, 0.3) is 5.91 Å². The predicted octanol–water partition coefficient (Wildman–Crippen LogP) is 3.58. The van der Waals surface area contributed by atoms with Gasteiger partial charge in [-0.25, -0.2) is 4.98 Å². The molecule has 2 heterocycles. The molecular formula is C19H14N4O. The van der Waals surface area contributed by atoms with Gasteiger partial charge in [-0.3, -0.25) is 9.78 Å². The maximum absolute atomic E-state index is 12.5. The lowest BCUT2D eigenvalue weighted by Crippen LogP contribution is -2.13. The van der Waals surface area contributed by atoms with E-state index in [1.165, 1.54) is 0 Å². The number of anilines is 1. The molecule has 5 heteroatoms. The molecule has 116 valence electrons. The molecule has 0 fully saturated rings. The first-order valence-electron chi connectivity index (χ1n) is 7.36. The Balaban J connectivity index is 2.00. The maximum Gasteiger partial charge on any atom is 0.256 e. The fourth-order valence-electron chi connectivity index (χ4n) is 2.37. The summed E-state index contributed by atoms with van der Waals surface area (Å²) in [6.45, 7) is 1.96. The molecule has 0 atom stereocenters. The number of carbonyl (C=O) groups excluding carboxylic acids is 1. The molecule has 24 heavy (non-hydrogen) atoms. The summed E-state index contributed by atoms with van der Waals surface area (Å²) >= 11 is 0. The average Bonchev–Trinajstić information content (AvgIpc) is 2.62. The van der Waals surface area contributed by atoms with Crippen molar-refractivity contribution in [3.05, 3.63) is 77.7 Å². The lowest BCUT2D eigenvalue weighted by atomic mass is 9.98. The number of aromatic nitrogens is 2. The molecule has 1 amide bonds. The van der Waals surface area contributed by atoms with E-state index < -0.39 is 0 Å². The van der Waals surface area contributed by atoms with Gasteiger partial charge >= 0.3 is 0 Å². The molecule has 0 bridgehead atoms. The Morgan fingerprint density at radius 1 is 1.17 bits per heavy atom. The number of rotatable bonds is 3. The summed E-state index contributed by atoms with van der Waals surface area (Å²) < 4.78 is 0. The first-order valence-corrected chi connectivity index (χ1v) is 7.36. The van der Waals surface area contributed by atoms with Gasteiger partial charge in [0.05, 0.1) is 11.6 Å². The highest BCUT2D eigenvalue weighted by Gasteiger charge is 2.12. The van der Waals surface area contributed by atoms with Gasteiger partial charge in [0.1, 0.15) is 5.82 Å². The molecular weight excluding hydrogens is 300 g/mol. The van der Waals surface area contributed by atoms with Crippen LogP contribution in [-0.4, -0.2) is 15.9 Å². The average molecular weight is 314 g/mol. The van der Waals surface area contributed by atoms with E-state index in [9.17, 15) is 10.1 Å². The Kier molecular flexibility index (Phi) is 4.30. The highest BCUT2D eigenvalue weighted by molar-refractivity contribution is 6.04. The van der Waals surface area contributed by atoms with Gasteiger partial charge in [-0.05, 0) is 54.4 Å². The molecule has 1 aromatic carbocycles. The van der Waals surface area contributed by atoms with E-state index in [1.54, 1.807) is 55.0 Å². The van der Waals surface area contributed by atoms with Gasteiger partial charge in [-0.2, -0.15) is 5.26 Å². The van der Waals surface area contributed by atoms with Crippen molar-refractivity contribution in [1.82, 2.24) is 9.97 Å². The number of hydrogen-bond donors (Lipinski definition) is 1. The van der Waals surface area contributed by atoms with Crippen LogP contribution in [0, 0.1) is 18.3 Å². The Morgan fingerprint density at radius 2 is 2.04 bits per heavy atom. The van der Waals surface area contributed by atoms with Crippen LogP contribution in [0.25, 0.3) is 11.1 Å². The fourth-order valence-corrected chi connectivity index (χ4v) is 2.37. The highest BCUT2D eigenvalue weighted by atomic mass is 16.1. The quantitative estimate of drug-likeness (QED) is 0.801. The summed E-state index contributed by atoms with van der Waals surface area (Å²) in [6, 6.07) is 14.3. The van der Waals surface area contributed by atoms with Crippen molar-refractivity contribution < 1.29 is 4.79 Å². The molecule has 0 aliphatic rings. The Labute approximate surface area is 139 Å². The Morgan fingerprint density at radius 3 is 2.75 bits per heavy atom. The largest absolute Gasteiger partial charge is 0.307 e. The van der Waals surface area contributed by atoms with Gasteiger partial charge in [0.2, 0.25) is 0 Å². The second kappa shape index (κ2) is 6.71. The second-order valence-electron chi connectivity index (χ2n) is 5.27. The van der Waals surface area contributed by atoms with Crippen molar-refractivity contribution >= 4 is 11.7 Å². The van der Waals surface area contributed by atoms with Gasteiger partial charge in [-0.15, -0.1) is 0 Å². The van der Waals surface area contributed by atoms with E-state index in [0.717, 1.165) is 16.7 Å². The van der Waals surface area contributed by atoms with Crippen LogP contribution in [0.4, 0.5) is 5.82 Å². The third-order valence-electron chi connectivity index (χ3n) is 3.58. The van der Waals surface area contributed by atoms with Crippen molar-refractivity contribution in [2.75, 3.05) is 5.32 Å². The van der Waals surface area contributed by atoms with E-state index in [4.69, 9.17) is 0 Å². The van der Waals surface area contributed by atoms with Crippen molar-refractivity contribution in [2.45, 2.75) is 6.92 Å². The topological polar surface area (TPSA) is 78.7 Å². The molecule has 2 aromatic heterocycles. The van der Waals surface area contributed by atoms with Crippen molar-refractivity contribution in [2.24, 2.45) is 0 Å². The number of nitriles is 1. The minimum Gasteiger partial charge on any atom is -0.307 e. The number of amides is 1. The van der Waals surface area contributed by atoms with E-state index in [0.29, 0.717) is 16.9 Å². The number of pyridine rings is 2. The van der Waals surface area contributed by atoms with Crippen LogP contribution in [-0.2, 0) is 0 Å². The van der Waals surface area contributed by atoms with Crippen LogP contribution in [0.15, 0.2) is 61.1 Å².